The van der Waals surface area contributed by atoms with Crippen molar-refractivity contribution in [2.24, 2.45) is 0 Å². The Morgan fingerprint density at radius 1 is 1.33 bits per heavy atom. The monoisotopic (exact) mass is 313 g/mol. The lowest BCUT2D eigenvalue weighted by molar-refractivity contribution is -0.0258. The number of carboxylic acids is 1. The molecule has 0 amide bonds. The van der Waals surface area contributed by atoms with Crippen molar-refractivity contribution in [2.45, 2.75) is 4.90 Å². The Balaban J connectivity index is 3.52. The molecular weight excluding hydrogens is 305 g/mol. The van der Waals surface area contributed by atoms with Crippen molar-refractivity contribution in [1.82, 2.24) is 4.47 Å². The highest BCUT2D eigenvalue weighted by molar-refractivity contribution is 7.89. The minimum absolute atomic E-state index is 0.147. The average molecular weight is 314 g/mol. The van der Waals surface area contributed by atoms with E-state index in [1.807, 2.05) is 0 Å². The number of nitrogens with zero attached hydrogens (tertiary/aromatic N) is 1. The molecule has 0 atom stereocenters. The first kappa shape index (κ1) is 15.2. The summed E-state index contributed by atoms with van der Waals surface area (Å²) in [5.74, 6) is -1.35. The molecule has 100 valence electrons. The van der Waals surface area contributed by atoms with E-state index in [1.54, 1.807) is 0 Å². The van der Waals surface area contributed by atoms with E-state index in [-0.39, 0.29) is 15.6 Å². The van der Waals surface area contributed by atoms with Crippen molar-refractivity contribution in [3.05, 3.63) is 27.7 Å². The van der Waals surface area contributed by atoms with Crippen LogP contribution in [0.3, 0.4) is 0 Å². The number of rotatable bonds is 4. The van der Waals surface area contributed by atoms with Gasteiger partial charge in [0, 0.05) is 7.05 Å². The molecule has 6 nitrogen and oxygen atoms in total. The van der Waals surface area contributed by atoms with E-state index in [0.717, 1.165) is 26.3 Å². The van der Waals surface area contributed by atoms with Crippen molar-refractivity contribution < 1.29 is 23.2 Å². The van der Waals surface area contributed by atoms with Gasteiger partial charge >= 0.3 is 5.97 Å². The summed E-state index contributed by atoms with van der Waals surface area (Å²) in [7, 11) is -1.73. The van der Waals surface area contributed by atoms with E-state index in [4.69, 9.17) is 28.3 Å². The maximum atomic E-state index is 12.0. The zero-order chi connectivity index (χ0) is 14.1. The van der Waals surface area contributed by atoms with E-state index in [1.165, 1.54) is 0 Å². The van der Waals surface area contributed by atoms with Gasteiger partial charge in [0.2, 0.25) is 0 Å². The minimum Gasteiger partial charge on any atom is -0.478 e. The SMILES string of the molecule is CON(C)S(=O)(=O)c1cc(C(=O)O)c(Cl)cc1Cl. The molecule has 0 aromatic heterocycles. The summed E-state index contributed by atoms with van der Waals surface area (Å²) in [6.45, 7) is 0. The minimum atomic E-state index is -4.04. The molecule has 0 aliphatic rings. The van der Waals surface area contributed by atoms with Crippen LogP contribution in [-0.4, -0.2) is 38.1 Å². The molecule has 0 radical (unpaired) electrons. The lowest BCUT2D eigenvalue weighted by Gasteiger charge is -2.15. The lowest BCUT2D eigenvalue weighted by atomic mass is 10.2. The lowest BCUT2D eigenvalue weighted by Crippen LogP contribution is -2.26. The zero-order valence-electron chi connectivity index (χ0n) is 9.35. The Bertz CT molecular complexity index is 587. The maximum absolute atomic E-state index is 12.0. The van der Waals surface area contributed by atoms with E-state index < -0.39 is 20.9 Å². The van der Waals surface area contributed by atoms with Crippen LogP contribution in [0.4, 0.5) is 0 Å². The largest absolute Gasteiger partial charge is 0.478 e. The Kier molecular flexibility index (Phi) is 4.57. The molecule has 1 aromatic rings. The third-order valence-corrected chi connectivity index (χ3v) is 4.58. The van der Waals surface area contributed by atoms with Crippen LogP contribution >= 0.6 is 23.2 Å². The zero-order valence-corrected chi connectivity index (χ0v) is 11.7. The normalized spacial score (nSPS) is 11.8. The van der Waals surface area contributed by atoms with Gasteiger partial charge in [0.15, 0.2) is 0 Å². The van der Waals surface area contributed by atoms with Crippen molar-refractivity contribution in [3.63, 3.8) is 0 Å². The summed E-state index contributed by atoms with van der Waals surface area (Å²) in [6, 6.07) is 1.95. The molecule has 1 N–H and O–H groups in total. The maximum Gasteiger partial charge on any atom is 0.337 e. The van der Waals surface area contributed by atoms with Gasteiger partial charge in [0.1, 0.15) is 4.90 Å². The van der Waals surface area contributed by atoms with Crippen LogP contribution in [0.1, 0.15) is 10.4 Å². The van der Waals surface area contributed by atoms with E-state index >= 15 is 0 Å². The second kappa shape index (κ2) is 5.41. The first-order chi connectivity index (χ1) is 8.21. The summed E-state index contributed by atoms with van der Waals surface area (Å²) in [4.78, 5) is 15.1. The molecule has 9 heteroatoms. The molecule has 18 heavy (non-hydrogen) atoms. The summed E-state index contributed by atoms with van der Waals surface area (Å²) in [5, 5.41) is 8.54. The van der Waals surface area contributed by atoms with E-state index in [2.05, 4.69) is 4.84 Å². The first-order valence-electron chi connectivity index (χ1n) is 4.47. The van der Waals surface area contributed by atoms with Crippen LogP contribution in [0.5, 0.6) is 0 Å². The first-order valence-corrected chi connectivity index (χ1v) is 6.66. The number of aromatic carboxylic acids is 1. The van der Waals surface area contributed by atoms with Crippen molar-refractivity contribution in [2.75, 3.05) is 14.2 Å². The van der Waals surface area contributed by atoms with Gasteiger partial charge in [-0.05, 0) is 12.1 Å². The average Bonchev–Trinajstić information content (AvgIpc) is 2.26. The molecule has 0 bridgehead atoms. The van der Waals surface area contributed by atoms with Crippen LogP contribution in [0.2, 0.25) is 10.0 Å². The highest BCUT2D eigenvalue weighted by atomic mass is 35.5. The third kappa shape index (κ3) is 2.76. The fourth-order valence-electron chi connectivity index (χ4n) is 1.13. The smallest absolute Gasteiger partial charge is 0.337 e. The van der Waals surface area contributed by atoms with Crippen LogP contribution in [-0.2, 0) is 14.9 Å². The number of hydrogen-bond acceptors (Lipinski definition) is 4. The number of carboxylic acid groups (broad SMARTS) is 1. The standard InChI is InChI=1S/C9H9Cl2NO5S/c1-12(17-2)18(15,16)8-3-5(9(13)14)6(10)4-7(8)11/h3-4H,1-2H3,(H,13,14). The van der Waals surface area contributed by atoms with Gasteiger partial charge in [0.25, 0.3) is 10.0 Å². The highest BCUT2D eigenvalue weighted by Gasteiger charge is 2.26. The van der Waals surface area contributed by atoms with Crippen molar-refractivity contribution >= 4 is 39.2 Å². The number of sulfonamides is 1. The van der Waals surface area contributed by atoms with Gasteiger partial charge in [-0.1, -0.05) is 27.7 Å². The molecule has 0 saturated carbocycles. The number of hydroxylamine groups is 1. The summed E-state index contributed by atoms with van der Waals surface area (Å²) >= 11 is 11.4. The number of halogens is 2. The van der Waals surface area contributed by atoms with Gasteiger partial charge in [0.05, 0.1) is 22.7 Å². The van der Waals surface area contributed by atoms with Crippen LogP contribution in [0.15, 0.2) is 17.0 Å². The Labute approximate surface area is 114 Å². The summed E-state index contributed by atoms with van der Waals surface area (Å²) < 4.78 is 24.5. The Morgan fingerprint density at radius 2 is 1.89 bits per heavy atom. The molecule has 1 rings (SSSR count). The molecular formula is C9H9Cl2NO5S. The summed E-state index contributed by atoms with van der Waals surface area (Å²) in [6.07, 6.45) is 0. The molecule has 0 aliphatic carbocycles. The van der Waals surface area contributed by atoms with Crippen LogP contribution in [0, 0.1) is 0 Å². The van der Waals surface area contributed by atoms with Gasteiger partial charge in [-0.15, -0.1) is 0 Å². The van der Waals surface area contributed by atoms with Gasteiger partial charge < -0.3 is 5.11 Å². The Morgan fingerprint density at radius 3 is 2.33 bits per heavy atom. The molecule has 0 aliphatic heterocycles. The number of hydrogen-bond donors (Lipinski definition) is 1. The number of carbonyl (C=O) groups is 1. The second-order valence-corrected chi connectivity index (χ2v) is 5.88. The second-order valence-electron chi connectivity index (χ2n) is 3.16. The predicted octanol–water partition coefficient (Wildman–Crippen LogP) is 1.87. The van der Waals surface area contributed by atoms with Gasteiger partial charge in [-0.3, -0.25) is 4.84 Å². The third-order valence-electron chi connectivity index (χ3n) is 2.13. The summed E-state index contributed by atoms with van der Waals surface area (Å²) in [5.41, 5.74) is -0.357. The van der Waals surface area contributed by atoms with Crippen molar-refractivity contribution in [1.29, 1.82) is 0 Å². The molecule has 1 aromatic carbocycles. The van der Waals surface area contributed by atoms with Gasteiger partial charge in [-0.25, -0.2) is 13.2 Å². The van der Waals surface area contributed by atoms with Crippen LogP contribution < -0.4 is 0 Å². The molecule has 0 unspecified atom stereocenters. The molecule has 0 spiro atoms. The quantitative estimate of drug-likeness (QED) is 0.858. The van der Waals surface area contributed by atoms with Gasteiger partial charge in [-0.2, -0.15) is 0 Å². The predicted molar refractivity (Wildman–Crippen MR) is 65.4 cm³/mol. The van der Waals surface area contributed by atoms with E-state index in [0.29, 0.717) is 4.47 Å². The van der Waals surface area contributed by atoms with Crippen molar-refractivity contribution in [3.8, 4) is 0 Å². The van der Waals surface area contributed by atoms with Crippen LogP contribution in [0.25, 0.3) is 0 Å². The topological polar surface area (TPSA) is 83.9 Å². The fourth-order valence-corrected chi connectivity index (χ4v) is 2.93. The van der Waals surface area contributed by atoms with E-state index in [9.17, 15) is 13.2 Å². The highest BCUT2D eigenvalue weighted by Crippen LogP contribution is 2.30. The fraction of sp³-hybridized carbons (Fsp3) is 0.222. The molecule has 0 fully saturated rings. The Hall–Kier alpha value is -0.860. The molecule has 0 heterocycles. The molecule has 0 saturated heterocycles. The number of benzene rings is 1.